The fourth-order valence-electron chi connectivity index (χ4n) is 3.13. The third kappa shape index (κ3) is 3.95. The van der Waals surface area contributed by atoms with Gasteiger partial charge in [-0.05, 0) is 45.0 Å². The Morgan fingerprint density at radius 2 is 2.21 bits per heavy atom. The molecular formula is C18H27ClN2O3. The number of fused-ring (bicyclic) bond motifs is 1. The van der Waals surface area contributed by atoms with Gasteiger partial charge in [0, 0.05) is 30.0 Å². The molecule has 0 spiro atoms. The van der Waals surface area contributed by atoms with E-state index in [1.54, 1.807) is 0 Å². The summed E-state index contributed by atoms with van der Waals surface area (Å²) in [6.45, 7) is 8.99. The number of benzene rings is 1. The largest absolute Gasteiger partial charge is 0.494 e. The zero-order chi connectivity index (χ0) is 16.4. The van der Waals surface area contributed by atoms with Gasteiger partial charge in [0.25, 0.3) is 0 Å². The minimum atomic E-state index is 0. The van der Waals surface area contributed by atoms with Gasteiger partial charge in [-0.25, -0.2) is 0 Å². The summed E-state index contributed by atoms with van der Waals surface area (Å²) in [5, 5.41) is 6.26. The van der Waals surface area contributed by atoms with Gasteiger partial charge < -0.3 is 20.1 Å². The maximum absolute atomic E-state index is 12.3. The summed E-state index contributed by atoms with van der Waals surface area (Å²) < 4.78 is 11.6. The highest BCUT2D eigenvalue weighted by molar-refractivity contribution is 5.85. The summed E-state index contributed by atoms with van der Waals surface area (Å²) in [7, 11) is 0. The van der Waals surface area contributed by atoms with Gasteiger partial charge in [-0.3, -0.25) is 4.79 Å². The SMILES string of the molecule is CCOc1cc2c(cc1CNC(=O)C(C)C1CNC1)OC(C)C2.Cl. The number of rotatable bonds is 6. The van der Waals surface area contributed by atoms with Crippen LogP contribution in [0.25, 0.3) is 0 Å². The maximum Gasteiger partial charge on any atom is 0.223 e. The maximum atomic E-state index is 12.3. The smallest absolute Gasteiger partial charge is 0.223 e. The minimum absolute atomic E-state index is 0. The highest BCUT2D eigenvalue weighted by Crippen LogP contribution is 2.35. The van der Waals surface area contributed by atoms with Gasteiger partial charge >= 0.3 is 0 Å². The van der Waals surface area contributed by atoms with Crippen molar-refractivity contribution in [1.82, 2.24) is 10.6 Å². The second-order valence-corrected chi connectivity index (χ2v) is 6.56. The molecule has 2 aliphatic rings. The second-order valence-electron chi connectivity index (χ2n) is 6.56. The van der Waals surface area contributed by atoms with Crippen LogP contribution in [0.5, 0.6) is 11.5 Å². The van der Waals surface area contributed by atoms with Crippen LogP contribution in [0, 0.1) is 11.8 Å². The summed E-state index contributed by atoms with van der Waals surface area (Å²) in [4.78, 5) is 12.3. The third-order valence-electron chi connectivity index (χ3n) is 4.77. The molecule has 1 amide bonds. The molecule has 0 radical (unpaired) electrons. The number of hydrogen-bond donors (Lipinski definition) is 2. The molecule has 3 rings (SSSR count). The zero-order valence-electron chi connectivity index (χ0n) is 14.6. The van der Waals surface area contributed by atoms with Gasteiger partial charge in [-0.15, -0.1) is 12.4 Å². The van der Waals surface area contributed by atoms with Crippen molar-refractivity contribution in [3.05, 3.63) is 23.3 Å². The first-order valence-corrected chi connectivity index (χ1v) is 8.52. The molecule has 134 valence electrons. The van der Waals surface area contributed by atoms with Crippen LogP contribution in [0.4, 0.5) is 0 Å². The topological polar surface area (TPSA) is 59.6 Å². The van der Waals surface area contributed by atoms with E-state index in [9.17, 15) is 4.79 Å². The number of carbonyl (C=O) groups is 1. The fourth-order valence-corrected chi connectivity index (χ4v) is 3.13. The zero-order valence-corrected chi connectivity index (χ0v) is 15.4. The quantitative estimate of drug-likeness (QED) is 0.823. The molecule has 1 fully saturated rings. The number of halogens is 1. The molecule has 0 bridgehead atoms. The van der Waals surface area contributed by atoms with E-state index in [2.05, 4.69) is 23.6 Å². The molecule has 0 aromatic heterocycles. The lowest BCUT2D eigenvalue weighted by atomic mass is 9.88. The summed E-state index contributed by atoms with van der Waals surface area (Å²) in [5.74, 6) is 2.36. The van der Waals surface area contributed by atoms with Crippen LogP contribution in [0.3, 0.4) is 0 Å². The van der Waals surface area contributed by atoms with E-state index in [-0.39, 0.29) is 30.3 Å². The van der Waals surface area contributed by atoms with E-state index in [0.29, 0.717) is 19.1 Å². The Hall–Kier alpha value is -1.46. The van der Waals surface area contributed by atoms with E-state index >= 15 is 0 Å². The predicted molar refractivity (Wildman–Crippen MR) is 96.0 cm³/mol. The van der Waals surface area contributed by atoms with Crippen LogP contribution in [-0.4, -0.2) is 31.7 Å². The van der Waals surface area contributed by atoms with Crippen molar-refractivity contribution in [3.8, 4) is 11.5 Å². The monoisotopic (exact) mass is 354 g/mol. The van der Waals surface area contributed by atoms with E-state index in [1.807, 2.05) is 19.9 Å². The van der Waals surface area contributed by atoms with Crippen LogP contribution in [0.1, 0.15) is 31.9 Å². The van der Waals surface area contributed by atoms with E-state index in [0.717, 1.165) is 36.6 Å². The molecule has 0 aliphatic carbocycles. The summed E-state index contributed by atoms with van der Waals surface area (Å²) in [6, 6.07) is 4.07. The van der Waals surface area contributed by atoms with Gasteiger partial charge in [-0.2, -0.15) is 0 Å². The Labute approximate surface area is 149 Å². The molecular weight excluding hydrogens is 328 g/mol. The van der Waals surface area contributed by atoms with Gasteiger partial charge in [0.2, 0.25) is 5.91 Å². The summed E-state index contributed by atoms with van der Waals surface area (Å²) in [5.41, 5.74) is 2.16. The highest BCUT2D eigenvalue weighted by atomic mass is 35.5. The van der Waals surface area contributed by atoms with E-state index in [1.165, 1.54) is 5.56 Å². The first-order valence-electron chi connectivity index (χ1n) is 8.52. The number of nitrogens with one attached hydrogen (secondary N) is 2. The molecule has 2 aliphatic heterocycles. The molecule has 2 heterocycles. The van der Waals surface area contributed by atoms with Crippen LogP contribution in [-0.2, 0) is 17.8 Å². The average Bonchev–Trinajstić information content (AvgIpc) is 2.81. The van der Waals surface area contributed by atoms with Crippen molar-refractivity contribution < 1.29 is 14.3 Å². The lowest BCUT2D eigenvalue weighted by molar-refractivity contribution is -0.126. The average molecular weight is 355 g/mol. The molecule has 0 saturated carbocycles. The summed E-state index contributed by atoms with van der Waals surface area (Å²) in [6.07, 6.45) is 1.11. The van der Waals surface area contributed by atoms with Crippen LogP contribution in [0.2, 0.25) is 0 Å². The summed E-state index contributed by atoms with van der Waals surface area (Å²) >= 11 is 0. The number of amides is 1. The first kappa shape index (κ1) is 18.9. The molecule has 2 unspecified atom stereocenters. The van der Waals surface area contributed by atoms with Crippen molar-refractivity contribution in [2.45, 2.75) is 39.8 Å². The molecule has 1 aromatic carbocycles. The first-order chi connectivity index (χ1) is 11.1. The fraction of sp³-hybridized carbons (Fsp3) is 0.611. The molecule has 6 heteroatoms. The molecule has 1 saturated heterocycles. The lowest BCUT2D eigenvalue weighted by Gasteiger charge is -2.31. The standard InChI is InChI=1S/C18H26N2O3.ClH/c1-4-22-16-6-13-5-11(2)23-17(13)7-14(16)10-20-18(21)12(3)15-8-19-9-15;/h6-7,11-12,15,19H,4-5,8-10H2,1-3H3,(H,20,21);1H. The van der Waals surface area contributed by atoms with Gasteiger partial charge in [-0.1, -0.05) is 6.92 Å². The molecule has 5 nitrogen and oxygen atoms in total. The van der Waals surface area contributed by atoms with Crippen molar-refractivity contribution in [2.75, 3.05) is 19.7 Å². The third-order valence-corrected chi connectivity index (χ3v) is 4.77. The Kier molecular flexibility index (Phi) is 6.35. The molecule has 2 atom stereocenters. The number of ether oxygens (including phenoxy) is 2. The van der Waals surface area contributed by atoms with Gasteiger partial charge in [0.05, 0.1) is 6.61 Å². The Bertz CT molecular complexity index is 590. The number of carbonyl (C=O) groups excluding carboxylic acids is 1. The van der Waals surface area contributed by atoms with Crippen molar-refractivity contribution in [2.24, 2.45) is 11.8 Å². The normalized spacial score (nSPS) is 20.2. The van der Waals surface area contributed by atoms with Crippen molar-refractivity contribution in [1.29, 1.82) is 0 Å². The highest BCUT2D eigenvalue weighted by Gasteiger charge is 2.29. The molecule has 1 aromatic rings. The second kappa shape index (κ2) is 8.08. The minimum Gasteiger partial charge on any atom is -0.494 e. The van der Waals surface area contributed by atoms with Gasteiger partial charge in [0.1, 0.15) is 17.6 Å². The lowest BCUT2D eigenvalue weighted by Crippen LogP contribution is -2.49. The molecule has 2 N–H and O–H groups in total. The van der Waals surface area contributed by atoms with Crippen LogP contribution in [0.15, 0.2) is 12.1 Å². The van der Waals surface area contributed by atoms with Gasteiger partial charge in [0.15, 0.2) is 0 Å². The Morgan fingerprint density at radius 3 is 2.83 bits per heavy atom. The molecule has 24 heavy (non-hydrogen) atoms. The van der Waals surface area contributed by atoms with Crippen molar-refractivity contribution in [3.63, 3.8) is 0 Å². The predicted octanol–water partition coefficient (Wildman–Crippen LogP) is 2.30. The van der Waals surface area contributed by atoms with E-state index < -0.39 is 0 Å². The van der Waals surface area contributed by atoms with Crippen molar-refractivity contribution >= 4 is 18.3 Å². The Balaban J connectivity index is 0.00000208. The van der Waals surface area contributed by atoms with Crippen LogP contribution < -0.4 is 20.1 Å². The van der Waals surface area contributed by atoms with E-state index in [4.69, 9.17) is 9.47 Å². The Morgan fingerprint density at radius 1 is 1.46 bits per heavy atom. The number of hydrogen-bond acceptors (Lipinski definition) is 4. The van der Waals surface area contributed by atoms with Crippen LogP contribution >= 0.6 is 12.4 Å².